The molecule has 0 aliphatic carbocycles. The van der Waals surface area contributed by atoms with Crippen molar-refractivity contribution in [1.29, 1.82) is 0 Å². The van der Waals surface area contributed by atoms with Gasteiger partial charge in [0.1, 0.15) is 0 Å². The van der Waals surface area contributed by atoms with Crippen LogP contribution in [0, 0.1) is 0 Å². The van der Waals surface area contributed by atoms with Crippen molar-refractivity contribution in [3.05, 3.63) is 96.6 Å². The number of hydrazone groups is 1. The van der Waals surface area contributed by atoms with E-state index in [-0.39, 0.29) is 0 Å². The maximum absolute atomic E-state index is 15.1. The largest absolute Gasteiger partial charge is 0.371 e. The maximum atomic E-state index is 15.1. The van der Waals surface area contributed by atoms with Gasteiger partial charge in [-0.25, -0.2) is 12.4 Å². The molecular weight excluding hydrogens is 591 g/mol. The summed E-state index contributed by atoms with van der Waals surface area (Å²) in [6, 6.07) is 29.4. The molecule has 1 aromatic heterocycles. The van der Waals surface area contributed by atoms with Gasteiger partial charge in [-0.05, 0) is 43.7 Å². The summed E-state index contributed by atoms with van der Waals surface area (Å²) >= 11 is 0. The molecule has 0 radical (unpaired) electrons. The molecule has 0 atom stereocenters. The molecule has 6 rings (SSSR count). The Labute approximate surface area is 273 Å². The van der Waals surface area contributed by atoms with Gasteiger partial charge in [0.25, 0.3) is 10.0 Å². The molecule has 2 heterocycles. The third kappa shape index (κ3) is 6.29. The molecular formula is C38H45N5O2S. The minimum Gasteiger partial charge on any atom is -0.371 e. The lowest BCUT2D eigenvalue weighted by atomic mass is 10.1. The van der Waals surface area contributed by atoms with Crippen LogP contribution in [-0.2, 0) is 10.0 Å². The smallest absolute Gasteiger partial charge is 0.269 e. The molecule has 5 aromatic rings. The van der Waals surface area contributed by atoms with E-state index in [1.54, 1.807) is 10.0 Å². The van der Waals surface area contributed by atoms with Gasteiger partial charge in [-0.3, -0.25) is 5.01 Å². The van der Waals surface area contributed by atoms with Gasteiger partial charge in [0, 0.05) is 66.7 Å². The highest BCUT2D eigenvalue weighted by atomic mass is 32.2. The minimum absolute atomic E-state index is 0.304. The number of hydrogen-bond acceptors (Lipinski definition) is 6. The summed E-state index contributed by atoms with van der Waals surface area (Å²) in [5.41, 5.74) is 3.99. The van der Waals surface area contributed by atoms with E-state index in [2.05, 4.69) is 47.8 Å². The molecule has 46 heavy (non-hydrogen) atoms. The number of aromatic nitrogens is 1. The van der Waals surface area contributed by atoms with Crippen molar-refractivity contribution >= 4 is 43.6 Å². The number of likely N-dealkylation sites (N-methyl/N-ethyl adjacent to an activating group) is 1. The second kappa shape index (κ2) is 14.1. The fraction of sp³-hybridized carbons (Fsp3) is 0.342. The Morgan fingerprint density at radius 1 is 0.739 bits per heavy atom. The molecule has 240 valence electrons. The molecule has 8 heteroatoms. The lowest BCUT2D eigenvalue weighted by molar-refractivity contribution is 0.159. The van der Waals surface area contributed by atoms with Crippen molar-refractivity contribution in [2.24, 2.45) is 5.10 Å². The van der Waals surface area contributed by atoms with Gasteiger partial charge < -0.3 is 9.80 Å². The zero-order valence-corrected chi connectivity index (χ0v) is 28.1. The second-order valence-electron chi connectivity index (χ2n) is 12.2. The molecule has 0 N–H and O–H groups in total. The van der Waals surface area contributed by atoms with Gasteiger partial charge in [-0.1, -0.05) is 99.5 Å². The number of rotatable bonds is 12. The van der Waals surface area contributed by atoms with Crippen molar-refractivity contribution < 1.29 is 8.42 Å². The molecule has 4 aromatic carbocycles. The third-order valence-electron chi connectivity index (χ3n) is 9.03. The van der Waals surface area contributed by atoms with E-state index in [0.717, 1.165) is 97.9 Å². The number of benzene rings is 4. The van der Waals surface area contributed by atoms with Crippen molar-refractivity contribution in [2.75, 3.05) is 51.2 Å². The first-order valence-corrected chi connectivity index (χ1v) is 18.1. The zero-order valence-electron chi connectivity index (χ0n) is 27.3. The van der Waals surface area contributed by atoms with Gasteiger partial charge >= 0.3 is 0 Å². The van der Waals surface area contributed by atoms with E-state index >= 15 is 8.42 Å². The number of anilines is 1. The summed E-state index contributed by atoms with van der Waals surface area (Å²) in [6.45, 7) is 9.86. The van der Waals surface area contributed by atoms with Gasteiger partial charge in [-0.2, -0.15) is 5.10 Å². The quantitative estimate of drug-likeness (QED) is 0.132. The summed E-state index contributed by atoms with van der Waals surface area (Å²) in [4.78, 5) is 5.03. The van der Waals surface area contributed by atoms with E-state index < -0.39 is 10.0 Å². The van der Waals surface area contributed by atoms with Crippen LogP contribution >= 0.6 is 0 Å². The first-order valence-electron chi connectivity index (χ1n) is 16.6. The van der Waals surface area contributed by atoms with Crippen LogP contribution in [0.3, 0.4) is 0 Å². The fourth-order valence-electron chi connectivity index (χ4n) is 6.45. The Balaban J connectivity index is 1.55. The minimum atomic E-state index is -4.06. The van der Waals surface area contributed by atoms with Crippen LogP contribution in [0.1, 0.15) is 45.1 Å². The Hall–Kier alpha value is -4.14. The summed E-state index contributed by atoms with van der Waals surface area (Å²) in [5.74, 6) is 0. The van der Waals surface area contributed by atoms with Crippen LogP contribution in [0.2, 0.25) is 0 Å². The van der Waals surface area contributed by atoms with E-state index in [4.69, 9.17) is 5.10 Å². The van der Waals surface area contributed by atoms with Gasteiger partial charge in [0.2, 0.25) is 0 Å². The zero-order chi connectivity index (χ0) is 32.1. The molecule has 0 saturated carbocycles. The number of nitrogens with zero attached hydrogens (tertiary/aromatic N) is 5. The predicted molar refractivity (Wildman–Crippen MR) is 193 cm³/mol. The average Bonchev–Trinajstić information content (AvgIpc) is 3.43. The van der Waals surface area contributed by atoms with E-state index in [0.29, 0.717) is 16.1 Å². The Morgan fingerprint density at radius 3 is 2.09 bits per heavy atom. The molecule has 1 saturated heterocycles. The number of para-hydroxylation sites is 1. The summed E-state index contributed by atoms with van der Waals surface area (Å²) in [6.07, 6.45) is 6.26. The number of unbranched alkanes of at least 4 members (excludes halogenated alkanes) is 2. The number of piperazine rings is 1. The van der Waals surface area contributed by atoms with Crippen LogP contribution in [0.4, 0.5) is 5.69 Å². The van der Waals surface area contributed by atoms with Crippen LogP contribution in [-0.4, -0.2) is 74.8 Å². The maximum Gasteiger partial charge on any atom is 0.269 e. The molecule has 1 aliphatic rings. The molecule has 1 fully saturated rings. The Morgan fingerprint density at radius 2 is 1.37 bits per heavy atom. The third-order valence-corrected chi connectivity index (χ3v) is 10.8. The van der Waals surface area contributed by atoms with Gasteiger partial charge in [-0.15, -0.1) is 0 Å². The number of fused-ring (bicyclic) bond motifs is 2. The molecule has 7 nitrogen and oxygen atoms in total. The lowest BCUT2D eigenvalue weighted by Gasteiger charge is -2.30. The monoisotopic (exact) mass is 635 g/mol. The van der Waals surface area contributed by atoms with Crippen molar-refractivity contribution in [2.45, 2.75) is 44.4 Å². The first-order chi connectivity index (χ1) is 22.4. The van der Waals surface area contributed by atoms with Crippen molar-refractivity contribution in [1.82, 2.24) is 13.9 Å². The lowest BCUT2D eigenvalue weighted by Crippen LogP contribution is -2.41. The molecule has 1 aliphatic heterocycles. The molecule has 0 bridgehead atoms. The topological polar surface area (TPSA) is 61.2 Å². The van der Waals surface area contributed by atoms with Crippen LogP contribution in [0.15, 0.2) is 101 Å². The van der Waals surface area contributed by atoms with Crippen molar-refractivity contribution in [3.63, 3.8) is 0 Å². The molecule has 0 unspecified atom stereocenters. The van der Waals surface area contributed by atoms with E-state index in [9.17, 15) is 0 Å². The summed E-state index contributed by atoms with van der Waals surface area (Å²) < 4.78 is 31.8. The van der Waals surface area contributed by atoms with Gasteiger partial charge in [0.05, 0.1) is 22.3 Å². The standard InChI is InChI=1S/C38H45N5O2S/c1-4-6-23-41(24-7-5-2)35-21-13-19-33-31(35)18-14-22-37(33)46(44,45)43-36-20-12-11-17-32(36)34(38(43)30-15-9-8-10-16-30)29-39-42-27-25-40(3)26-28-42/h8-22,29H,4-7,23-28H2,1-3H3/b39-29+. The Bertz CT molecular complexity index is 1920. The summed E-state index contributed by atoms with van der Waals surface area (Å²) in [5, 5.41) is 9.52. The molecule has 0 spiro atoms. The summed E-state index contributed by atoms with van der Waals surface area (Å²) in [7, 11) is -1.94. The highest BCUT2D eigenvalue weighted by Crippen LogP contribution is 2.39. The normalized spacial score (nSPS) is 14.5. The van der Waals surface area contributed by atoms with E-state index in [1.165, 1.54) is 0 Å². The Kier molecular flexibility index (Phi) is 9.75. The SMILES string of the molecule is CCCCN(CCCC)c1cccc2c(S(=O)(=O)n3c(-c4ccccc4)c(/C=N/N4CCN(C)CC4)c4ccccc43)cccc12. The van der Waals surface area contributed by atoms with Crippen LogP contribution < -0.4 is 4.90 Å². The highest BCUT2D eigenvalue weighted by molar-refractivity contribution is 7.90. The van der Waals surface area contributed by atoms with Crippen LogP contribution in [0.25, 0.3) is 32.9 Å². The average molecular weight is 636 g/mol. The number of hydrogen-bond donors (Lipinski definition) is 0. The van der Waals surface area contributed by atoms with Crippen molar-refractivity contribution in [3.8, 4) is 11.3 Å². The highest BCUT2D eigenvalue weighted by Gasteiger charge is 2.29. The van der Waals surface area contributed by atoms with Crippen LogP contribution in [0.5, 0.6) is 0 Å². The second-order valence-corrected chi connectivity index (χ2v) is 14.0. The molecule has 0 amide bonds. The van der Waals surface area contributed by atoms with Gasteiger partial charge in [0.15, 0.2) is 0 Å². The fourth-order valence-corrected chi connectivity index (χ4v) is 8.22. The predicted octanol–water partition coefficient (Wildman–Crippen LogP) is 7.69. The first kappa shape index (κ1) is 31.8. The van der Waals surface area contributed by atoms with E-state index in [1.807, 2.05) is 79.0 Å².